The Kier molecular flexibility index (Phi) is 6.46. The lowest BCUT2D eigenvalue weighted by molar-refractivity contribution is 0.0946. The summed E-state index contributed by atoms with van der Waals surface area (Å²) in [6, 6.07) is 9.94. The Balaban J connectivity index is 1.91. The Hall–Kier alpha value is -2.30. The van der Waals surface area contributed by atoms with Crippen LogP contribution in [0.4, 0.5) is 0 Å². The van der Waals surface area contributed by atoms with Crippen molar-refractivity contribution >= 4 is 5.91 Å². The van der Waals surface area contributed by atoms with E-state index in [0.29, 0.717) is 18.2 Å². The van der Waals surface area contributed by atoms with E-state index in [1.54, 1.807) is 7.11 Å². The van der Waals surface area contributed by atoms with Crippen LogP contribution in [0.25, 0.3) is 0 Å². The number of aryl methyl sites for hydroxylation is 1. The van der Waals surface area contributed by atoms with Crippen LogP contribution in [0.2, 0.25) is 0 Å². The van der Waals surface area contributed by atoms with Crippen LogP contribution < -0.4 is 10.1 Å². The summed E-state index contributed by atoms with van der Waals surface area (Å²) in [7, 11) is 1.66. The van der Waals surface area contributed by atoms with Crippen LogP contribution >= 0.6 is 0 Å². The van der Waals surface area contributed by atoms with Gasteiger partial charge in [-0.2, -0.15) is 5.10 Å². The van der Waals surface area contributed by atoms with Gasteiger partial charge in [0.05, 0.1) is 12.6 Å². The second-order valence-electron chi connectivity index (χ2n) is 7.90. The number of nitrogens with zero attached hydrogens (tertiary/aromatic N) is 2. The molecule has 0 aliphatic rings. The van der Waals surface area contributed by atoms with Gasteiger partial charge in [0, 0.05) is 12.2 Å². The molecule has 0 bridgehead atoms. The van der Waals surface area contributed by atoms with E-state index in [2.05, 4.69) is 57.2 Å². The molecule has 1 N–H and O–H groups in total. The van der Waals surface area contributed by atoms with Gasteiger partial charge in [-0.15, -0.1) is 0 Å². The van der Waals surface area contributed by atoms with Crippen molar-refractivity contribution in [3.8, 4) is 5.75 Å². The van der Waals surface area contributed by atoms with Crippen molar-refractivity contribution in [2.45, 2.75) is 58.9 Å². The Labute approximate surface area is 156 Å². The minimum atomic E-state index is -0.146. The third-order valence-corrected chi connectivity index (χ3v) is 4.28. The van der Waals surface area contributed by atoms with Gasteiger partial charge in [0.25, 0.3) is 5.91 Å². The Morgan fingerprint density at radius 1 is 1.23 bits per heavy atom. The molecule has 0 saturated heterocycles. The van der Waals surface area contributed by atoms with Crippen molar-refractivity contribution < 1.29 is 9.53 Å². The highest BCUT2D eigenvalue weighted by Crippen LogP contribution is 2.23. The zero-order valence-corrected chi connectivity index (χ0v) is 16.8. The first-order valence-electron chi connectivity index (χ1n) is 9.24. The lowest BCUT2D eigenvalue weighted by atomic mass is 10.1. The fourth-order valence-corrected chi connectivity index (χ4v) is 2.83. The fraction of sp³-hybridized carbons (Fsp3) is 0.524. The van der Waals surface area contributed by atoms with Gasteiger partial charge in [-0.25, -0.2) is 0 Å². The minimum absolute atomic E-state index is 0.107. The van der Waals surface area contributed by atoms with E-state index < -0.39 is 0 Å². The molecule has 0 atom stereocenters. The first-order chi connectivity index (χ1) is 12.2. The lowest BCUT2D eigenvalue weighted by Gasteiger charge is -2.23. The topological polar surface area (TPSA) is 56.1 Å². The predicted octanol–water partition coefficient (Wildman–Crippen LogP) is 4.13. The number of hydrogen-bond acceptors (Lipinski definition) is 3. The van der Waals surface area contributed by atoms with E-state index in [9.17, 15) is 4.79 Å². The van der Waals surface area contributed by atoms with Gasteiger partial charge in [-0.1, -0.05) is 26.0 Å². The maximum absolute atomic E-state index is 12.5. The van der Waals surface area contributed by atoms with E-state index in [-0.39, 0.29) is 11.4 Å². The smallest absolute Gasteiger partial charge is 0.271 e. The van der Waals surface area contributed by atoms with Gasteiger partial charge in [-0.05, 0) is 63.3 Å². The van der Waals surface area contributed by atoms with E-state index in [1.165, 1.54) is 5.56 Å². The maximum atomic E-state index is 12.5. The van der Waals surface area contributed by atoms with Gasteiger partial charge in [0.15, 0.2) is 0 Å². The molecule has 0 spiro atoms. The van der Waals surface area contributed by atoms with Crippen molar-refractivity contribution in [3.05, 3.63) is 47.3 Å². The average molecular weight is 357 g/mol. The van der Waals surface area contributed by atoms with E-state index in [0.717, 1.165) is 24.3 Å². The van der Waals surface area contributed by atoms with Crippen molar-refractivity contribution in [1.29, 1.82) is 0 Å². The summed E-state index contributed by atoms with van der Waals surface area (Å²) in [6.45, 7) is 11.2. The second kappa shape index (κ2) is 8.39. The van der Waals surface area contributed by atoms with E-state index in [1.807, 2.05) is 22.9 Å². The normalized spacial score (nSPS) is 11.7. The highest BCUT2D eigenvalue weighted by atomic mass is 16.5. The molecule has 0 radical (unpaired) electrons. The molecule has 1 aromatic heterocycles. The van der Waals surface area contributed by atoms with Crippen LogP contribution in [0.15, 0.2) is 30.3 Å². The van der Waals surface area contributed by atoms with Gasteiger partial charge in [0.1, 0.15) is 11.4 Å². The number of ether oxygens (including phenoxy) is 1. The Morgan fingerprint density at radius 2 is 1.88 bits per heavy atom. The van der Waals surface area contributed by atoms with Crippen molar-refractivity contribution in [3.63, 3.8) is 0 Å². The zero-order valence-electron chi connectivity index (χ0n) is 16.8. The van der Waals surface area contributed by atoms with Crippen molar-refractivity contribution in [1.82, 2.24) is 15.1 Å². The molecule has 0 aliphatic heterocycles. The molecule has 2 rings (SSSR count). The molecule has 1 heterocycles. The number of nitrogens with one attached hydrogen (secondary N) is 1. The van der Waals surface area contributed by atoms with Crippen LogP contribution in [0.3, 0.4) is 0 Å². The van der Waals surface area contributed by atoms with Crippen LogP contribution in [-0.4, -0.2) is 29.3 Å². The van der Waals surface area contributed by atoms with Gasteiger partial charge < -0.3 is 10.1 Å². The third kappa shape index (κ3) is 5.10. The standard InChI is InChI=1S/C21H31N3O2/c1-15(2)19-14-18(23-24(19)21(3,4)5)20(25)22-13-7-8-16-9-11-17(26-6)12-10-16/h9-12,14-15H,7-8,13H2,1-6H3,(H,22,25). The van der Waals surface area contributed by atoms with Gasteiger partial charge in [-0.3, -0.25) is 9.48 Å². The van der Waals surface area contributed by atoms with E-state index in [4.69, 9.17) is 4.74 Å². The molecule has 5 heteroatoms. The highest BCUT2D eigenvalue weighted by Gasteiger charge is 2.23. The number of hydrogen-bond donors (Lipinski definition) is 1. The summed E-state index contributed by atoms with van der Waals surface area (Å²) in [5.74, 6) is 1.07. The first kappa shape index (κ1) is 20.0. The molecular formula is C21H31N3O2. The van der Waals surface area contributed by atoms with E-state index >= 15 is 0 Å². The number of benzene rings is 1. The quantitative estimate of drug-likeness (QED) is 0.758. The molecule has 0 saturated carbocycles. The minimum Gasteiger partial charge on any atom is -0.497 e. The molecule has 26 heavy (non-hydrogen) atoms. The van der Waals surface area contributed by atoms with Gasteiger partial charge >= 0.3 is 0 Å². The number of amides is 1. The molecule has 0 unspecified atom stereocenters. The molecule has 2 aromatic rings. The summed E-state index contributed by atoms with van der Waals surface area (Å²) in [6.07, 6.45) is 1.80. The fourth-order valence-electron chi connectivity index (χ4n) is 2.83. The first-order valence-corrected chi connectivity index (χ1v) is 9.24. The summed E-state index contributed by atoms with van der Waals surface area (Å²) in [5, 5.41) is 7.53. The third-order valence-electron chi connectivity index (χ3n) is 4.28. The number of rotatable bonds is 7. The summed E-state index contributed by atoms with van der Waals surface area (Å²) in [4.78, 5) is 12.5. The van der Waals surface area contributed by atoms with Crippen LogP contribution in [0.1, 0.15) is 68.7 Å². The molecule has 5 nitrogen and oxygen atoms in total. The number of methoxy groups -OCH3 is 1. The maximum Gasteiger partial charge on any atom is 0.271 e. The van der Waals surface area contributed by atoms with Crippen molar-refractivity contribution in [2.24, 2.45) is 0 Å². The number of carbonyl (C=O) groups is 1. The van der Waals surface area contributed by atoms with Crippen LogP contribution in [-0.2, 0) is 12.0 Å². The molecule has 1 aromatic carbocycles. The summed E-state index contributed by atoms with van der Waals surface area (Å²) in [5.41, 5.74) is 2.67. The predicted molar refractivity (Wildman–Crippen MR) is 105 cm³/mol. The number of carbonyl (C=O) groups excluding carboxylic acids is 1. The number of aromatic nitrogens is 2. The largest absolute Gasteiger partial charge is 0.497 e. The molecule has 142 valence electrons. The molecule has 0 aliphatic carbocycles. The summed E-state index contributed by atoms with van der Waals surface area (Å²) >= 11 is 0. The average Bonchev–Trinajstić information content (AvgIpc) is 3.05. The highest BCUT2D eigenvalue weighted by molar-refractivity contribution is 5.92. The van der Waals surface area contributed by atoms with Gasteiger partial charge in [0.2, 0.25) is 0 Å². The van der Waals surface area contributed by atoms with Crippen LogP contribution in [0, 0.1) is 0 Å². The molecule has 1 amide bonds. The molecular weight excluding hydrogens is 326 g/mol. The monoisotopic (exact) mass is 357 g/mol. The Morgan fingerprint density at radius 3 is 2.38 bits per heavy atom. The van der Waals surface area contributed by atoms with Crippen molar-refractivity contribution in [2.75, 3.05) is 13.7 Å². The zero-order chi connectivity index (χ0) is 19.3. The summed E-state index contributed by atoms with van der Waals surface area (Å²) < 4.78 is 7.12. The SMILES string of the molecule is COc1ccc(CCCNC(=O)c2cc(C(C)C)n(C(C)(C)C)n2)cc1. The van der Waals surface area contributed by atoms with Crippen LogP contribution in [0.5, 0.6) is 5.75 Å². The Bertz CT molecular complexity index is 725. The second-order valence-corrected chi connectivity index (χ2v) is 7.90. The molecule has 0 fully saturated rings. The lowest BCUT2D eigenvalue weighted by Crippen LogP contribution is -2.28.